The van der Waals surface area contributed by atoms with Gasteiger partial charge in [-0.3, -0.25) is 4.99 Å². The average molecular weight is 304 g/mol. The van der Waals surface area contributed by atoms with Crippen molar-refractivity contribution >= 4 is 11.0 Å². The smallest absolute Gasteiger partial charge is 0.160 e. The van der Waals surface area contributed by atoms with E-state index in [1.165, 1.54) is 5.56 Å². The van der Waals surface area contributed by atoms with Crippen LogP contribution >= 0.6 is 0 Å². The van der Waals surface area contributed by atoms with Gasteiger partial charge in [-0.25, -0.2) is 4.98 Å². The van der Waals surface area contributed by atoms with Gasteiger partial charge in [-0.15, -0.1) is 0 Å². The van der Waals surface area contributed by atoms with Crippen LogP contribution in [0, 0.1) is 0 Å². The number of hydrogen-bond donors (Lipinski definition) is 1. The predicted molar refractivity (Wildman–Crippen MR) is 87.6 cm³/mol. The number of aromatic nitrogens is 3. The van der Waals surface area contributed by atoms with Crippen molar-refractivity contribution < 1.29 is 4.42 Å². The Morgan fingerprint density at radius 3 is 2.83 bits per heavy atom. The molecule has 5 nitrogen and oxygen atoms in total. The maximum atomic E-state index is 5.32. The first-order valence-electron chi connectivity index (χ1n) is 7.49. The molecule has 0 spiro atoms. The van der Waals surface area contributed by atoms with Gasteiger partial charge in [-0.05, 0) is 23.8 Å². The molecule has 0 saturated carbocycles. The molecule has 0 saturated heterocycles. The third-order valence-corrected chi connectivity index (χ3v) is 3.73. The molecule has 4 aromatic rings. The quantitative estimate of drug-likeness (QED) is 0.630. The summed E-state index contributed by atoms with van der Waals surface area (Å²) in [5, 5.41) is 1.01. The molecule has 4 rings (SSSR count). The lowest BCUT2D eigenvalue weighted by molar-refractivity contribution is 0.510. The SMILES string of the molecule is c1ccc(Cn2cnc(=NCc3ccco3)c3cc[nH]c32)cc1. The summed E-state index contributed by atoms with van der Waals surface area (Å²) in [4.78, 5) is 12.3. The molecule has 23 heavy (non-hydrogen) atoms. The summed E-state index contributed by atoms with van der Waals surface area (Å²) in [6, 6.07) is 16.1. The molecule has 0 aliphatic heterocycles. The molecule has 0 aliphatic carbocycles. The summed E-state index contributed by atoms with van der Waals surface area (Å²) >= 11 is 0. The van der Waals surface area contributed by atoms with Crippen LogP contribution < -0.4 is 5.49 Å². The van der Waals surface area contributed by atoms with E-state index in [0.29, 0.717) is 6.54 Å². The van der Waals surface area contributed by atoms with E-state index >= 15 is 0 Å². The number of nitrogens with one attached hydrogen (secondary N) is 1. The lowest BCUT2D eigenvalue weighted by Crippen LogP contribution is -2.14. The molecule has 0 fully saturated rings. The van der Waals surface area contributed by atoms with Crippen LogP contribution in [-0.2, 0) is 13.1 Å². The molecule has 0 aliphatic rings. The van der Waals surface area contributed by atoms with Gasteiger partial charge in [0.25, 0.3) is 0 Å². The van der Waals surface area contributed by atoms with Crippen LogP contribution in [0.2, 0.25) is 0 Å². The van der Waals surface area contributed by atoms with Crippen LogP contribution in [0.5, 0.6) is 0 Å². The second-order valence-electron chi connectivity index (χ2n) is 5.32. The van der Waals surface area contributed by atoms with Gasteiger partial charge in [0.2, 0.25) is 0 Å². The molecule has 0 amide bonds. The first-order chi connectivity index (χ1) is 11.4. The lowest BCUT2D eigenvalue weighted by atomic mass is 10.2. The molecule has 0 unspecified atom stereocenters. The molecule has 1 N–H and O–H groups in total. The normalized spacial score (nSPS) is 12.1. The van der Waals surface area contributed by atoms with Gasteiger partial charge < -0.3 is 14.0 Å². The number of rotatable bonds is 4. The third kappa shape index (κ3) is 2.81. The Bertz CT molecular complexity index is 965. The van der Waals surface area contributed by atoms with Gasteiger partial charge in [0.05, 0.1) is 31.1 Å². The van der Waals surface area contributed by atoms with Gasteiger partial charge in [0.15, 0.2) is 5.49 Å². The van der Waals surface area contributed by atoms with Crippen LogP contribution in [0.3, 0.4) is 0 Å². The van der Waals surface area contributed by atoms with Gasteiger partial charge in [0.1, 0.15) is 11.4 Å². The number of aromatic amines is 1. The second-order valence-corrected chi connectivity index (χ2v) is 5.32. The number of furan rings is 1. The van der Waals surface area contributed by atoms with E-state index in [0.717, 1.165) is 28.8 Å². The predicted octanol–water partition coefficient (Wildman–Crippen LogP) is 3.11. The average Bonchev–Trinajstić information content (AvgIpc) is 3.27. The molecule has 114 valence electrons. The van der Waals surface area contributed by atoms with Crippen LogP contribution in [0.25, 0.3) is 11.0 Å². The summed E-state index contributed by atoms with van der Waals surface area (Å²) in [7, 11) is 0. The number of nitrogens with zero attached hydrogens (tertiary/aromatic N) is 3. The minimum atomic E-state index is 0.489. The highest BCUT2D eigenvalue weighted by atomic mass is 16.3. The molecule has 5 heteroatoms. The van der Waals surface area contributed by atoms with Crippen LogP contribution in [0.15, 0.2) is 76.7 Å². The molecule has 3 aromatic heterocycles. The Morgan fingerprint density at radius 2 is 2.00 bits per heavy atom. The highest BCUT2D eigenvalue weighted by Gasteiger charge is 2.04. The van der Waals surface area contributed by atoms with Crippen molar-refractivity contribution in [3.05, 3.63) is 84.1 Å². The molecule has 1 aromatic carbocycles. The topological polar surface area (TPSA) is 59.1 Å². The molecular weight excluding hydrogens is 288 g/mol. The van der Waals surface area contributed by atoms with Gasteiger partial charge in [-0.2, -0.15) is 0 Å². The van der Waals surface area contributed by atoms with Crippen molar-refractivity contribution in [3.63, 3.8) is 0 Å². The zero-order chi connectivity index (χ0) is 15.5. The van der Waals surface area contributed by atoms with Gasteiger partial charge in [-0.1, -0.05) is 30.3 Å². The van der Waals surface area contributed by atoms with E-state index in [4.69, 9.17) is 4.42 Å². The lowest BCUT2D eigenvalue weighted by Gasteiger charge is -2.08. The van der Waals surface area contributed by atoms with E-state index in [2.05, 4.69) is 31.7 Å². The zero-order valence-corrected chi connectivity index (χ0v) is 12.5. The van der Waals surface area contributed by atoms with E-state index in [1.54, 1.807) is 6.26 Å². The first kappa shape index (κ1) is 13.6. The van der Waals surface area contributed by atoms with Gasteiger partial charge >= 0.3 is 0 Å². The van der Waals surface area contributed by atoms with E-state index in [1.807, 2.05) is 48.9 Å². The first-order valence-corrected chi connectivity index (χ1v) is 7.49. The molecule has 0 atom stereocenters. The van der Waals surface area contributed by atoms with Crippen molar-refractivity contribution in [2.75, 3.05) is 0 Å². The minimum Gasteiger partial charge on any atom is -0.467 e. The van der Waals surface area contributed by atoms with Crippen molar-refractivity contribution in [2.24, 2.45) is 4.99 Å². The Morgan fingerprint density at radius 1 is 1.09 bits per heavy atom. The highest BCUT2D eigenvalue weighted by molar-refractivity contribution is 5.74. The third-order valence-electron chi connectivity index (χ3n) is 3.73. The Balaban J connectivity index is 1.71. The van der Waals surface area contributed by atoms with Crippen LogP contribution in [-0.4, -0.2) is 14.5 Å². The summed E-state index contributed by atoms with van der Waals surface area (Å²) in [5.74, 6) is 0.830. The van der Waals surface area contributed by atoms with Crippen LogP contribution in [0.4, 0.5) is 0 Å². The summed E-state index contributed by atoms with van der Waals surface area (Å²) < 4.78 is 7.41. The van der Waals surface area contributed by atoms with E-state index < -0.39 is 0 Å². The molecular formula is C18H16N4O. The standard InChI is InChI=1S/C18H16N4O/c1-2-5-14(6-3-1)12-22-13-21-17(16-8-9-19-18(16)22)20-11-15-7-4-10-23-15/h1-10,13,19H,11-12H2. The monoisotopic (exact) mass is 304 g/mol. The van der Waals surface area contributed by atoms with Crippen molar-refractivity contribution in [1.82, 2.24) is 14.5 Å². The fourth-order valence-corrected chi connectivity index (χ4v) is 2.61. The van der Waals surface area contributed by atoms with Crippen molar-refractivity contribution in [2.45, 2.75) is 13.1 Å². The number of fused-ring (bicyclic) bond motifs is 1. The Hall–Kier alpha value is -3.08. The Labute approximate surface area is 133 Å². The summed E-state index contributed by atoms with van der Waals surface area (Å²) in [5.41, 5.74) is 2.97. The second kappa shape index (κ2) is 5.96. The van der Waals surface area contributed by atoms with Crippen molar-refractivity contribution in [3.8, 4) is 0 Å². The number of H-pyrrole nitrogens is 1. The summed E-state index contributed by atoms with van der Waals surface area (Å²) in [6.45, 7) is 1.26. The van der Waals surface area contributed by atoms with E-state index in [-0.39, 0.29) is 0 Å². The minimum absolute atomic E-state index is 0.489. The number of hydrogen-bond acceptors (Lipinski definition) is 3. The van der Waals surface area contributed by atoms with Gasteiger partial charge in [0, 0.05) is 6.20 Å². The largest absolute Gasteiger partial charge is 0.467 e. The summed E-state index contributed by atoms with van der Waals surface area (Å²) in [6.07, 6.45) is 5.40. The van der Waals surface area contributed by atoms with Crippen LogP contribution in [0.1, 0.15) is 11.3 Å². The number of benzene rings is 1. The van der Waals surface area contributed by atoms with Crippen molar-refractivity contribution in [1.29, 1.82) is 0 Å². The fraction of sp³-hybridized carbons (Fsp3) is 0.111. The fourth-order valence-electron chi connectivity index (χ4n) is 2.61. The highest BCUT2D eigenvalue weighted by Crippen LogP contribution is 2.10. The Kier molecular flexibility index (Phi) is 3.52. The maximum absolute atomic E-state index is 5.32. The van der Waals surface area contributed by atoms with E-state index in [9.17, 15) is 0 Å². The molecule has 0 radical (unpaired) electrons. The molecule has 3 heterocycles. The zero-order valence-electron chi connectivity index (χ0n) is 12.5. The maximum Gasteiger partial charge on any atom is 0.160 e. The molecule has 0 bridgehead atoms.